The molecule has 0 aliphatic carbocycles. The third-order valence-corrected chi connectivity index (χ3v) is 3.01. The summed E-state index contributed by atoms with van der Waals surface area (Å²) < 4.78 is 6.48. The molecule has 0 aromatic heterocycles. The third-order valence-electron chi connectivity index (χ3n) is 2.52. The molecule has 0 bridgehead atoms. The van der Waals surface area contributed by atoms with Gasteiger partial charge in [0.1, 0.15) is 5.75 Å². The zero-order valence-electron chi connectivity index (χ0n) is 9.86. The van der Waals surface area contributed by atoms with E-state index in [-0.39, 0.29) is 5.92 Å². The van der Waals surface area contributed by atoms with Crippen LogP contribution in [0.4, 0.5) is 0 Å². The van der Waals surface area contributed by atoms with Crippen molar-refractivity contribution in [3.05, 3.63) is 28.7 Å². The summed E-state index contributed by atoms with van der Waals surface area (Å²) in [6.07, 6.45) is 2.14. The molecule has 0 saturated heterocycles. The normalized spacial score (nSPS) is 12.1. The highest BCUT2D eigenvalue weighted by Crippen LogP contribution is 2.19. The molecule has 4 heteroatoms. The van der Waals surface area contributed by atoms with E-state index in [4.69, 9.17) is 9.84 Å². The predicted octanol–water partition coefficient (Wildman–Crippen LogP) is 3.72. The first-order valence-electron chi connectivity index (χ1n) is 5.74. The van der Waals surface area contributed by atoms with E-state index in [2.05, 4.69) is 15.9 Å². The second-order valence-electron chi connectivity index (χ2n) is 3.92. The van der Waals surface area contributed by atoms with Gasteiger partial charge in [0.2, 0.25) is 0 Å². The lowest BCUT2D eigenvalue weighted by Crippen LogP contribution is -2.16. The van der Waals surface area contributed by atoms with Gasteiger partial charge in [-0.3, -0.25) is 4.79 Å². The van der Waals surface area contributed by atoms with Gasteiger partial charge in [-0.15, -0.1) is 0 Å². The molecule has 17 heavy (non-hydrogen) atoms. The number of carboxylic acid groups (broad SMARTS) is 1. The van der Waals surface area contributed by atoms with Crippen molar-refractivity contribution in [2.45, 2.75) is 26.2 Å². The van der Waals surface area contributed by atoms with Gasteiger partial charge in [0, 0.05) is 4.47 Å². The maximum absolute atomic E-state index is 10.9. The number of carbonyl (C=O) groups is 1. The van der Waals surface area contributed by atoms with E-state index in [0.717, 1.165) is 16.6 Å². The van der Waals surface area contributed by atoms with Gasteiger partial charge in [0.05, 0.1) is 12.5 Å². The van der Waals surface area contributed by atoms with Crippen molar-refractivity contribution in [3.8, 4) is 5.75 Å². The minimum absolute atomic E-state index is 0.299. The predicted molar refractivity (Wildman–Crippen MR) is 70.3 cm³/mol. The molecule has 1 aromatic rings. The molecule has 0 aliphatic heterocycles. The Morgan fingerprint density at radius 3 is 2.82 bits per heavy atom. The van der Waals surface area contributed by atoms with Crippen LogP contribution in [0, 0.1) is 5.92 Å². The number of hydrogen-bond acceptors (Lipinski definition) is 2. The van der Waals surface area contributed by atoms with Crippen molar-refractivity contribution in [1.82, 2.24) is 0 Å². The quantitative estimate of drug-likeness (QED) is 0.835. The fourth-order valence-electron chi connectivity index (χ4n) is 1.62. The molecule has 1 unspecified atom stereocenters. The number of halogens is 1. The smallest absolute Gasteiger partial charge is 0.306 e. The number of rotatable bonds is 7. The summed E-state index contributed by atoms with van der Waals surface area (Å²) in [5, 5.41) is 8.98. The van der Waals surface area contributed by atoms with E-state index in [1.54, 1.807) is 0 Å². The van der Waals surface area contributed by atoms with Gasteiger partial charge in [-0.25, -0.2) is 0 Å². The minimum atomic E-state index is -0.732. The highest BCUT2D eigenvalue weighted by atomic mass is 79.9. The first-order valence-corrected chi connectivity index (χ1v) is 6.54. The molecule has 0 radical (unpaired) electrons. The number of carboxylic acids is 1. The first-order chi connectivity index (χ1) is 8.13. The highest BCUT2D eigenvalue weighted by Gasteiger charge is 2.15. The van der Waals surface area contributed by atoms with Crippen molar-refractivity contribution in [1.29, 1.82) is 0 Å². The molecule has 0 fully saturated rings. The molecule has 0 spiro atoms. The summed E-state index contributed by atoms with van der Waals surface area (Å²) in [6, 6.07) is 7.54. The third kappa shape index (κ3) is 5.22. The molecular weight excluding hydrogens is 284 g/mol. The van der Waals surface area contributed by atoms with Crippen LogP contribution < -0.4 is 4.74 Å². The van der Waals surface area contributed by atoms with Crippen molar-refractivity contribution < 1.29 is 14.6 Å². The molecule has 0 heterocycles. The Bertz CT molecular complexity index is 365. The Balaban J connectivity index is 2.38. The van der Waals surface area contributed by atoms with Crippen molar-refractivity contribution in [2.75, 3.05) is 6.61 Å². The van der Waals surface area contributed by atoms with Gasteiger partial charge in [-0.05, 0) is 31.0 Å². The fraction of sp³-hybridized carbons (Fsp3) is 0.462. The zero-order valence-corrected chi connectivity index (χ0v) is 11.4. The molecule has 0 saturated carbocycles. The summed E-state index contributed by atoms with van der Waals surface area (Å²) >= 11 is 3.36. The molecule has 1 atom stereocenters. The summed E-state index contributed by atoms with van der Waals surface area (Å²) in [6.45, 7) is 2.43. The lowest BCUT2D eigenvalue weighted by Gasteiger charge is -2.12. The highest BCUT2D eigenvalue weighted by molar-refractivity contribution is 9.10. The van der Waals surface area contributed by atoms with Gasteiger partial charge in [-0.2, -0.15) is 0 Å². The summed E-state index contributed by atoms with van der Waals surface area (Å²) in [5.74, 6) is -0.267. The van der Waals surface area contributed by atoms with E-state index in [1.807, 2.05) is 31.2 Å². The Kier molecular flexibility index (Phi) is 6.05. The molecule has 1 rings (SSSR count). The van der Waals surface area contributed by atoms with Crippen LogP contribution in [0.25, 0.3) is 0 Å². The van der Waals surface area contributed by atoms with Crippen LogP contribution >= 0.6 is 15.9 Å². The van der Waals surface area contributed by atoms with Crippen molar-refractivity contribution in [3.63, 3.8) is 0 Å². The molecule has 3 nitrogen and oxygen atoms in total. The van der Waals surface area contributed by atoms with Crippen LogP contribution in [-0.2, 0) is 4.79 Å². The Morgan fingerprint density at radius 2 is 2.24 bits per heavy atom. The van der Waals surface area contributed by atoms with E-state index in [9.17, 15) is 4.79 Å². The minimum Gasteiger partial charge on any atom is -0.494 e. The molecule has 1 N–H and O–H groups in total. The van der Waals surface area contributed by atoms with E-state index < -0.39 is 5.97 Å². The Hall–Kier alpha value is -1.03. The number of hydrogen-bond donors (Lipinski definition) is 1. The average Bonchev–Trinajstić information content (AvgIpc) is 2.28. The Morgan fingerprint density at radius 1 is 1.47 bits per heavy atom. The number of ether oxygens (including phenoxy) is 1. The molecule has 0 amide bonds. The van der Waals surface area contributed by atoms with Crippen LogP contribution in [0.15, 0.2) is 28.7 Å². The summed E-state index contributed by atoms with van der Waals surface area (Å²) in [5.41, 5.74) is 0. The van der Waals surface area contributed by atoms with Gasteiger partial charge < -0.3 is 9.84 Å². The number of benzene rings is 1. The first kappa shape index (κ1) is 14.0. The van der Waals surface area contributed by atoms with Gasteiger partial charge in [0.25, 0.3) is 0 Å². The SMILES string of the molecule is CCCC(CCOc1cccc(Br)c1)C(=O)O. The Labute approximate surface area is 110 Å². The second-order valence-corrected chi connectivity index (χ2v) is 4.83. The number of aliphatic carboxylic acids is 1. The van der Waals surface area contributed by atoms with E-state index in [1.165, 1.54) is 0 Å². The van der Waals surface area contributed by atoms with Crippen LogP contribution in [0.3, 0.4) is 0 Å². The van der Waals surface area contributed by atoms with E-state index in [0.29, 0.717) is 19.4 Å². The molecule has 1 aromatic carbocycles. The second kappa shape index (κ2) is 7.33. The average molecular weight is 301 g/mol. The van der Waals surface area contributed by atoms with Crippen LogP contribution in [0.1, 0.15) is 26.2 Å². The molecular formula is C13H17BrO3. The lowest BCUT2D eigenvalue weighted by atomic mass is 10.0. The lowest BCUT2D eigenvalue weighted by molar-refractivity contribution is -0.142. The van der Waals surface area contributed by atoms with Crippen LogP contribution in [0.2, 0.25) is 0 Å². The maximum atomic E-state index is 10.9. The largest absolute Gasteiger partial charge is 0.494 e. The summed E-state index contributed by atoms with van der Waals surface area (Å²) in [4.78, 5) is 10.9. The van der Waals surface area contributed by atoms with Crippen molar-refractivity contribution >= 4 is 21.9 Å². The standard InChI is InChI=1S/C13H17BrO3/c1-2-4-10(13(15)16)7-8-17-12-6-3-5-11(14)9-12/h3,5-6,9-10H,2,4,7-8H2,1H3,(H,15,16). The topological polar surface area (TPSA) is 46.5 Å². The van der Waals surface area contributed by atoms with Crippen LogP contribution in [0.5, 0.6) is 5.75 Å². The zero-order chi connectivity index (χ0) is 12.7. The fourth-order valence-corrected chi connectivity index (χ4v) is 1.99. The van der Waals surface area contributed by atoms with Crippen LogP contribution in [-0.4, -0.2) is 17.7 Å². The monoisotopic (exact) mass is 300 g/mol. The summed E-state index contributed by atoms with van der Waals surface area (Å²) in [7, 11) is 0. The van der Waals surface area contributed by atoms with Gasteiger partial charge >= 0.3 is 5.97 Å². The molecule has 94 valence electrons. The van der Waals surface area contributed by atoms with E-state index >= 15 is 0 Å². The maximum Gasteiger partial charge on any atom is 0.306 e. The van der Waals surface area contributed by atoms with Crippen molar-refractivity contribution in [2.24, 2.45) is 5.92 Å². The molecule has 0 aliphatic rings. The van der Waals surface area contributed by atoms with Gasteiger partial charge in [-0.1, -0.05) is 35.3 Å². The van der Waals surface area contributed by atoms with Gasteiger partial charge in [0.15, 0.2) is 0 Å².